The van der Waals surface area contributed by atoms with Gasteiger partial charge in [-0.1, -0.05) is 18.2 Å². The molecule has 3 rings (SSSR count). The third-order valence-corrected chi connectivity index (χ3v) is 4.54. The van der Waals surface area contributed by atoms with Gasteiger partial charge >= 0.3 is 0 Å². The Hall–Kier alpha value is -1.10. The first kappa shape index (κ1) is 14.8. The Kier molecular flexibility index (Phi) is 4.78. The van der Waals surface area contributed by atoms with Crippen molar-refractivity contribution in [3.8, 4) is 5.75 Å². The summed E-state index contributed by atoms with van der Waals surface area (Å²) in [6.45, 7) is 4.33. The molecule has 2 heterocycles. The Balaban J connectivity index is 1.56. The van der Waals surface area contributed by atoms with Crippen LogP contribution in [-0.2, 0) is 15.9 Å². The minimum atomic E-state index is 0.209. The number of para-hydroxylation sites is 1. The fourth-order valence-electron chi connectivity index (χ4n) is 3.40. The second-order valence-corrected chi connectivity index (χ2v) is 6.23. The van der Waals surface area contributed by atoms with Crippen molar-refractivity contribution in [2.75, 3.05) is 40.0 Å². The van der Waals surface area contributed by atoms with Crippen LogP contribution in [0.5, 0.6) is 5.75 Å². The molecule has 1 saturated heterocycles. The van der Waals surface area contributed by atoms with Crippen molar-refractivity contribution in [1.29, 1.82) is 0 Å². The maximum Gasteiger partial charge on any atom is 0.123 e. The summed E-state index contributed by atoms with van der Waals surface area (Å²) in [5.74, 6) is 1.06. The fraction of sp³-hybridized carbons (Fsp3) is 0.647. The first-order valence-corrected chi connectivity index (χ1v) is 7.83. The SMILES string of the molecule is COCCNCC1(CC2Cc3ccccc3O2)CCOC1. The van der Waals surface area contributed by atoms with Crippen LogP contribution in [-0.4, -0.2) is 46.1 Å². The van der Waals surface area contributed by atoms with Crippen LogP contribution in [0, 0.1) is 5.41 Å². The van der Waals surface area contributed by atoms with Gasteiger partial charge in [0.15, 0.2) is 0 Å². The molecular formula is C17H25NO3. The molecule has 21 heavy (non-hydrogen) atoms. The van der Waals surface area contributed by atoms with Crippen molar-refractivity contribution in [2.45, 2.75) is 25.4 Å². The minimum Gasteiger partial charge on any atom is -0.490 e. The molecular weight excluding hydrogens is 266 g/mol. The quantitative estimate of drug-likeness (QED) is 0.780. The lowest BCUT2D eigenvalue weighted by Crippen LogP contribution is -2.39. The summed E-state index contributed by atoms with van der Waals surface area (Å²) in [5, 5.41) is 3.50. The van der Waals surface area contributed by atoms with Crippen LogP contribution in [0.4, 0.5) is 0 Å². The Morgan fingerprint density at radius 1 is 1.38 bits per heavy atom. The standard InChI is InChI=1S/C17H25NO3/c1-19-9-7-18-12-17(6-8-20-13-17)11-15-10-14-4-2-3-5-16(14)21-15/h2-5,15,18H,6-13H2,1H3. The minimum absolute atomic E-state index is 0.209. The van der Waals surface area contributed by atoms with E-state index in [0.29, 0.717) is 0 Å². The molecule has 0 bridgehead atoms. The van der Waals surface area contributed by atoms with Crippen LogP contribution >= 0.6 is 0 Å². The normalized spacial score (nSPS) is 27.6. The van der Waals surface area contributed by atoms with E-state index in [4.69, 9.17) is 14.2 Å². The van der Waals surface area contributed by atoms with Crippen molar-refractivity contribution >= 4 is 0 Å². The van der Waals surface area contributed by atoms with Gasteiger partial charge in [-0.15, -0.1) is 0 Å². The number of nitrogens with one attached hydrogen (secondary N) is 1. The molecule has 4 heteroatoms. The summed E-state index contributed by atoms with van der Waals surface area (Å²) >= 11 is 0. The summed E-state index contributed by atoms with van der Waals surface area (Å²) in [5.41, 5.74) is 1.55. The number of methoxy groups -OCH3 is 1. The summed E-state index contributed by atoms with van der Waals surface area (Å²) in [6.07, 6.45) is 3.48. The van der Waals surface area contributed by atoms with Gasteiger partial charge in [-0.25, -0.2) is 0 Å². The van der Waals surface area contributed by atoms with Crippen molar-refractivity contribution < 1.29 is 14.2 Å². The third kappa shape index (κ3) is 3.57. The summed E-state index contributed by atoms with van der Waals surface area (Å²) in [4.78, 5) is 0. The van der Waals surface area contributed by atoms with E-state index in [2.05, 4.69) is 23.5 Å². The van der Waals surface area contributed by atoms with Crippen molar-refractivity contribution in [2.24, 2.45) is 5.41 Å². The highest BCUT2D eigenvalue weighted by atomic mass is 16.5. The van der Waals surface area contributed by atoms with Crippen LogP contribution in [0.1, 0.15) is 18.4 Å². The summed E-state index contributed by atoms with van der Waals surface area (Å²) in [7, 11) is 1.74. The number of ether oxygens (including phenoxy) is 3. The van der Waals surface area contributed by atoms with Gasteiger partial charge in [0, 0.05) is 38.6 Å². The Bertz CT molecular complexity index is 432. The molecule has 116 valence electrons. The number of rotatable bonds is 7. The summed E-state index contributed by atoms with van der Waals surface area (Å²) in [6, 6.07) is 8.38. The predicted molar refractivity (Wildman–Crippen MR) is 81.8 cm³/mol. The lowest BCUT2D eigenvalue weighted by molar-refractivity contribution is 0.0996. The van der Waals surface area contributed by atoms with E-state index >= 15 is 0 Å². The fourth-order valence-corrected chi connectivity index (χ4v) is 3.40. The van der Waals surface area contributed by atoms with Crippen LogP contribution < -0.4 is 10.1 Å². The highest BCUT2D eigenvalue weighted by molar-refractivity contribution is 5.37. The molecule has 4 nitrogen and oxygen atoms in total. The van der Waals surface area contributed by atoms with Gasteiger partial charge in [-0.3, -0.25) is 0 Å². The summed E-state index contributed by atoms with van der Waals surface area (Å²) < 4.78 is 16.9. The lowest BCUT2D eigenvalue weighted by atomic mass is 9.80. The lowest BCUT2D eigenvalue weighted by Gasteiger charge is -2.30. The molecule has 0 aliphatic carbocycles. The molecule has 2 atom stereocenters. The monoisotopic (exact) mass is 291 g/mol. The van der Waals surface area contributed by atoms with Crippen molar-refractivity contribution in [1.82, 2.24) is 5.32 Å². The number of hydrogen-bond acceptors (Lipinski definition) is 4. The van der Waals surface area contributed by atoms with Gasteiger partial charge in [0.1, 0.15) is 11.9 Å². The van der Waals surface area contributed by atoms with Crippen LogP contribution in [0.25, 0.3) is 0 Å². The van der Waals surface area contributed by atoms with Crippen molar-refractivity contribution in [3.63, 3.8) is 0 Å². The Labute approximate surface area is 126 Å². The topological polar surface area (TPSA) is 39.7 Å². The van der Waals surface area contributed by atoms with Gasteiger partial charge < -0.3 is 19.5 Å². The van der Waals surface area contributed by atoms with Gasteiger partial charge in [0.25, 0.3) is 0 Å². The maximum atomic E-state index is 6.11. The van der Waals surface area contributed by atoms with Gasteiger partial charge in [0.05, 0.1) is 13.2 Å². The Morgan fingerprint density at radius 3 is 3.05 bits per heavy atom. The van der Waals surface area contributed by atoms with E-state index in [1.165, 1.54) is 5.56 Å². The van der Waals surface area contributed by atoms with E-state index < -0.39 is 0 Å². The molecule has 0 spiro atoms. The molecule has 2 aliphatic heterocycles. The van der Waals surface area contributed by atoms with Crippen molar-refractivity contribution in [3.05, 3.63) is 29.8 Å². The largest absolute Gasteiger partial charge is 0.490 e. The predicted octanol–water partition coefficient (Wildman–Crippen LogP) is 2.02. The average molecular weight is 291 g/mol. The van der Waals surface area contributed by atoms with E-state index in [1.807, 2.05) is 6.07 Å². The van der Waals surface area contributed by atoms with E-state index in [9.17, 15) is 0 Å². The molecule has 1 aromatic carbocycles. The molecule has 2 aliphatic rings. The second-order valence-electron chi connectivity index (χ2n) is 6.23. The maximum absolute atomic E-state index is 6.11. The molecule has 0 aromatic heterocycles. The highest BCUT2D eigenvalue weighted by Crippen LogP contribution is 2.38. The van der Waals surface area contributed by atoms with Gasteiger partial charge in [-0.05, 0) is 24.5 Å². The van der Waals surface area contributed by atoms with Gasteiger partial charge in [-0.2, -0.15) is 0 Å². The number of fused-ring (bicyclic) bond motifs is 1. The Morgan fingerprint density at radius 2 is 2.29 bits per heavy atom. The number of benzene rings is 1. The highest BCUT2D eigenvalue weighted by Gasteiger charge is 2.39. The average Bonchev–Trinajstić information content (AvgIpc) is 3.10. The van der Waals surface area contributed by atoms with Crippen LogP contribution in [0.15, 0.2) is 24.3 Å². The second kappa shape index (κ2) is 6.77. The van der Waals surface area contributed by atoms with E-state index in [-0.39, 0.29) is 11.5 Å². The molecule has 1 aromatic rings. The van der Waals surface area contributed by atoms with Gasteiger partial charge in [0.2, 0.25) is 0 Å². The zero-order valence-corrected chi connectivity index (χ0v) is 12.8. The first-order chi connectivity index (χ1) is 10.3. The molecule has 0 amide bonds. The zero-order valence-electron chi connectivity index (χ0n) is 12.8. The third-order valence-electron chi connectivity index (χ3n) is 4.54. The zero-order chi connectivity index (χ0) is 14.5. The molecule has 1 fully saturated rings. The van der Waals surface area contributed by atoms with E-state index in [1.54, 1.807) is 7.11 Å². The van der Waals surface area contributed by atoms with Crippen LogP contribution in [0.2, 0.25) is 0 Å². The smallest absolute Gasteiger partial charge is 0.123 e. The molecule has 0 saturated carbocycles. The molecule has 1 N–H and O–H groups in total. The number of hydrogen-bond donors (Lipinski definition) is 1. The molecule has 0 radical (unpaired) electrons. The first-order valence-electron chi connectivity index (χ1n) is 7.83. The molecule has 2 unspecified atom stereocenters. The van der Waals surface area contributed by atoms with E-state index in [0.717, 1.165) is 57.9 Å². The van der Waals surface area contributed by atoms with Crippen LogP contribution in [0.3, 0.4) is 0 Å².